The van der Waals surface area contributed by atoms with Crippen LogP contribution < -0.4 is 0 Å². The van der Waals surface area contributed by atoms with E-state index in [0.717, 1.165) is 25.7 Å². The largest absolute Gasteiger partial charge is 0.481 e. The number of carbonyl (C=O) groups excluding carboxylic acids is 1. The summed E-state index contributed by atoms with van der Waals surface area (Å²) in [5, 5.41) is 9.39. The first kappa shape index (κ1) is 10.5. The molecule has 15 heavy (non-hydrogen) atoms. The minimum atomic E-state index is -0.716. The van der Waals surface area contributed by atoms with Crippen LogP contribution >= 0.6 is 0 Å². The molecule has 2 aliphatic rings. The van der Waals surface area contributed by atoms with Gasteiger partial charge in [-0.15, -0.1) is 0 Å². The maximum absolute atomic E-state index is 11.5. The van der Waals surface area contributed by atoms with Crippen molar-refractivity contribution in [3.8, 4) is 0 Å². The highest BCUT2D eigenvalue weighted by molar-refractivity contribution is 5.83. The predicted octanol–water partition coefficient (Wildman–Crippen LogP) is 1.25. The standard InChI is InChI=1S/C11H17NO3/c1-12-8-4-2-3-6-11(8,10(14)15)7-5-9(12)13/h8H,2-7H2,1H3,(H,14,15)/t8-,11+/m0/s1. The zero-order valence-electron chi connectivity index (χ0n) is 9.03. The highest BCUT2D eigenvalue weighted by atomic mass is 16.4. The Bertz CT molecular complexity index is 302. The van der Waals surface area contributed by atoms with Gasteiger partial charge in [-0.05, 0) is 19.3 Å². The number of amides is 1. The molecule has 1 aliphatic carbocycles. The summed E-state index contributed by atoms with van der Waals surface area (Å²) < 4.78 is 0. The molecule has 1 aliphatic heterocycles. The van der Waals surface area contributed by atoms with Gasteiger partial charge in [0.05, 0.1) is 5.41 Å². The summed E-state index contributed by atoms with van der Waals surface area (Å²) in [6.45, 7) is 0. The lowest BCUT2D eigenvalue weighted by Gasteiger charge is -2.48. The number of aliphatic carboxylic acids is 1. The fourth-order valence-electron chi connectivity index (χ4n) is 3.11. The van der Waals surface area contributed by atoms with Crippen molar-refractivity contribution in [3.05, 3.63) is 0 Å². The Kier molecular flexibility index (Phi) is 2.44. The number of fused-ring (bicyclic) bond motifs is 1. The molecule has 2 fully saturated rings. The Labute approximate surface area is 89.3 Å². The molecule has 1 amide bonds. The maximum atomic E-state index is 11.5. The van der Waals surface area contributed by atoms with E-state index in [4.69, 9.17) is 0 Å². The second-order valence-corrected chi connectivity index (χ2v) is 4.73. The second-order valence-electron chi connectivity index (χ2n) is 4.73. The monoisotopic (exact) mass is 211 g/mol. The number of rotatable bonds is 1. The molecule has 2 rings (SSSR count). The lowest BCUT2D eigenvalue weighted by Crippen LogP contribution is -2.57. The first-order valence-corrected chi connectivity index (χ1v) is 5.57. The molecule has 0 aromatic rings. The topological polar surface area (TPSA) is 57.6 Å². The van der Waals surface area contributed by atoms with E-state index in [1.807, 2.05) is 0 Å². The van der Waals surface area contributed by atoms with Crippen LogP contribution in [-0.4, -0.2) is 35.0 Å². The molecule has 1 saturated heterocycles. The number of hydrogen-bond acceptors (Lipinski definition) is 2. The first-order chi connectivity index (χ1) is 7.08. The van der Waals surface area contributed by atoms with Crippen molar-refractivity contribution >= 4 is 11.9 Å². The number of likely N-dealkylation sites (tertiary alicyclic amines) is 1. The molecule has 1 heterocycles. The highest BCUT2D eigenvalue weighted by Crippen LogP contribution is 2.45. The molecule has 4 heteroatoms. The molecule has 2 atom stereocenters. The zero-order valence-corrected chi connectivity index (χ0v) is 9.03. The van der Waals surface area contributed by atoms with Crippen molar-refractivity contribution in [1.82, 2.24) is 4.90 Å². The van der Waals surface area contributed by atoms with Crippen LogP contribution in [0.1, 0.15) is 38.5 Å². The SMILES string of the molecule is CN1C(=O)CC[C@]2(C(=O)O)CCCC[C@H]12. The summed E-state index contributed by atoms with van der Waals surface area (Å²) >= 11 is 0. The number of carbonyl (C=O) groups is 2. The van der Waals surface area contributed by atoms with Crippen LogP contribution in [0.25, 0.3) is 0 Å². The number of carboxylic acids is 1. The predicted molar refractivity (Wildman–Crippen MR) is 54.3 cm³/mol. The van der Waals surface area contributed by atoms with Crippen LogP contribution in [0.5, 0.6) is 0 Å². The van der Waals surface area contributed by atoms with Crippen LogP contribution in [0.15, 0.2) is 0 Å². The molecule has 0 unspecified atom stereocenters. The van der Waals surface area contributed by atoms with Gasteiger partial charge in [0.25, 0.3) is 0 Å². The normalized spacial score (nSPS) is 36.2. The van der Waals surface area contributed by atoms with Crippen LogP contribution in [0.2, 0.25) is 0 Å². The van der Waals surface area contributed by atoms with Crippen molar-refractivity contribution < 1.29 is 14.7 Å². The molecule has 84 valence electrons. The number of carboxylic acid groups (broad SMARTS) is 1. The number of hydrogen-bond donors (Lipinski definition) is 1. The fourth-order valence-corrected chi connectivity index (χ4v) is 3.11. The quantitative estimate of drug-likeness (QED) is 0.710. The van der Waals surface area contributed by atoms with E-state index in [9.17, 15) is 14.7 Å². The van der Waals surface area contributed by atoms with Crippen molar-refractivity contribution in [2.45, 2.75) is 44.6 Å². The van der Waals surface area contributed by atoms with Gasteiger partial charge < -0.3 is 10.0 Å². The van der Waals surface area contributed by atoms with Gasteiger partial charge in [-0.2, -0.15) is 0 Å². The smallest absolute Gasteiger partial charge is 0.311 e. The van der Waals surface area contributed by atoms with E-state index in [1.165, 1.54) is 0 Å². The van der Waals surface area contributed by atoms with Crippen molar-refractivity contribution in [2.75, 3.05) is 7.05 Å². The molecule has 0 radical (unpaired) electrons. The van der Waals surface area contributed by atoms with Gasteiger partial charge in [-0.1, -0.05) is 12.8 Å². The minimum Gasteiger partial charge on any atom is -0.481 e. The van der Waals surface area contributed by atoms with E-state index in [0.29, 0.717) is 12.8 Å². The lowest BCUT2D eigenvalue weighted by atomic mass is 9.65. The van der Waals surface area contributed by atoms with Gasteiger partial charge in [0, 0.05) is 19.5 Å². The molecule has 0 aromatic heterocycles. The maximum Gasteiger partial charge on any atom is 0.311 e. The van der Waals surface area contributed by atoms with E-state index in [1.54, 1.807) is 11.9 Å². The number of piperidine rings is 1. The molecular formula is C11H17NO3. The third kappa shape index (κ3) is 1.43. The Balaban J connectivity index is 2.32. The van der Waals surface area contributed by atoms with Crippen LogP contribution in [0, 0.1) is 5.41 Å². The van der Waals surface area contributed by atoms with E-state index < -0.39 is 11.4 Å². The Hall–Kier alpha value is -1.06. The summed E-state index contributed by atoms with van der Waals surface area (Å²) in [6, 6.07) is -0.0787. The Morgan fingerprint density at radius 1 is 1.47 bits per heavy atom. The van der Waals surface area contributed by atoms with Gasteiger partial charge in [0.15, 0.2) is 0 Å². The van der Waals surface area contributed by atoms with E-state index in [-0.39, 0.29) is 11.9 Å². The Morgan fingerprint density at radius 3 is 2.87 bits per heavy atom. The molecule has 0 aromatic carbocycles. The van der Waals surface area contributed by atoms with Gasteiger partial charge in [0.1, 0.15) is 0 Å². The second kappa shape index (κ2) is 3.51. The molecule has 1 N–H and O–H groups in total. The number of nitrogens with zero attached hydrogens (tertiary/aromatic N) is 1. The van der Waals surface area contributed by atoms with Gasteiger partial charge in [0.2, 0.25) is 5.91 Å². The minimum absolute atomic E-state index is 0.0787. The average Bonchev–Trinajstić information content (AvgIpc) is 2.24. The summed E-state index contributed by atoms with van der Waals surface area (Å²) in [5.41, 5.74) is -0.652. The van der Waals surface area contributed by atoms with Gasteiger partial charge in [-0.3, -0.25) is 9.59 Å². The summed E-state index contributed by atoms with van der Waals surface area (Å²) in [4.78, 5) is 24.6. The van der Waals surface area contributed by atoms with Crippen LogP contribution in [0.4, 0.5) is 0 Å². The fraction of sp³-hybridized carbons (Fsp3) is 0.818. The summed E-state index contributed by atoms with van der Waals surface area (Å²) in [6.07, 6.45) is 4.50. The lowest BCUT2D eigenvalue weighted by molar-refractivity contribution is -0.165. The molecule has 0 bridgehead atoms. The van der Waals surface area contributed by atoms with Gasteiger partial charge >= 0.3 is 5.97 Å². The van der Waals surface area contributed by atoms with Crippen molar-refractivity contribution in [2.24, 2.45) is 5.41 Å². The highest BCUT2D eigenvalue weighted by Gasteiger charge is 2.52. The van der Waals surface area contributed by atoms with E-state index >= 15 is 0 Å². The third-order valence-corrected chi connectivity index (χ3v) is 4.06. The molecular weight excluding hydrogens is 194 g/mol. The Morgan fingerprint density at radius 2 is 2.20 bits per heavy atom. The molecule has 0 spiro atoms. The van der Waals surface area contributed by atoms with Crippen LogP contribution in [0.3, 0.4) is 0 Å². The third-order valence-electron chi connectivity index (χ3n) is 4.06. The van der Waals surface area contributed by atoms with E-state index in [2.05, 4.69) is 0 Å². The van der Waals surface area contributed by atoms with Gasteiger partial charge in [-0.25, -0.2) is 0 Å². The van der Waals surface area contributed by atoms with Crippen LogP contribution in [-0.2, 0) is 9.59 Å². The first-order valence-electron chi connectivity index (χ1n) is 5.57. The van der Waals surface area contributed by atoms with Crippen molar-refractivity contribution in [1.29, 1.82) is 0 Å². The van der Waals surface area contributed by atoms with Crippen molar-refractivity contribution in [3.63, 3.8) is 0 Å². The molecule has 4 nitrogen and oxygen atoms in total. The summed E-state index contributed by atoms with van der Waals surface area (Å²) in [5.74, 6) is -0.620. The zero-order chi connectivity index (χ0) is 11.1. The average molecular weight is 211 g/mol. The summed E-state index contributed by atoms with van der Waals surface area (Å²) in [7, 11) is 1.75. The molecule has 1 saturated carbocycles.